The zero-order valence-corrected chi connectivity index (χ0v) is 18.6. The third-order valence-corrected chi connectivity index (χ3v) is 6.68. The van der Waals surface area contributed by atoms with Gasteiger partial charge in [-0.1, -0.05) is 45.9 Å². The Bertz CT molecular complexity index is 1260. The summed E-state index contributed by atoms with van der Waals surface area (Å²) in [6, 6.07) is 23.2. The summed E-state index contributed by atoms with van der Waals surface area (Å²) in [4.78, 5) is 0. The van der Waals surface area contributed by atoms with Crippen LogP contribution in [0.1, 0.15) is 74.6 Å². The van der Waals surface area contributed by atoms with Crippen molar-refractivity contribution in [2.75, 3.05) is 0 Å². The smallest absolute Gasteiger partial charge is 0.101 e. The Balaban J connectivity index is 2.16. The topological polar surface area (TPSA) is 52.5 Å². The quantitative estimate of drug-likeness (QED) is 0.344. The summed E-state index contributed by atoms with van der Waals surface area (Å²) in [6.07, 6.45) is 2.16. The molecule has 1 heterocycles. The molecule has 154 valence electrons. The number of aromatic nitrogens is 1. The van der Waals surface area contributed by atoms with Gasteiger partial charge < -0.3 is 4.57 Å². The van der Waals surface area contributed by atoms with Crippen molar-refractivity contribution in [3.63, 3.8) is 0 Å². The Hall–Kier alpha value is -3.56. The molecule has 3 nitrogen and oxygen atoms in total. The number of rotatable bonds is 5. The molecule has 0 radical (unpaired) electrons. The summed E-state index contributed by atoms with van der Waals surface area (Å²) in [5.74, 6) is 0.947. The lowest BCUT2D eigenvalue weighted by Crippen LogP contribution is -2.01. The number of nitriles is 2. The lowest BCUT2D eigenvalue weighted by atomic mass is 9.95. The van der Waals surface area contributed by atoms with E-state index in [1.54, 1.807) is 18.2 Å². The van der Waals surface area contributed by atoms with Crippen molar-refractivity contribution in [3.8, 4) is 17.8 Å². The van der Waals surface area contributed by atoms with Crippen molar-refractivity contribution < 1.29 is 0 Å². The summed E-state index contributed by atoms with van der Waals surface area (Å²) in [6.45, 7) is 8.93. The van der Waals surface area contributed by atoms with Crippen LogP contribution in [-0.4, -0.2) is 4.57 Å². The zero-order valence-electron chi connectivity index (χ0n) is 18.6. The maximum atomic E-state index is 9.81. The van der Waals surface area contributed by atoms with Gasteiger partial charge in [-0.05, 0) is 72.2 Å². The molecule has 31 heavy (non-hydrogen) atoms. The fourth-order valence-electron chi connectivity index (χ4n) is 4.35. The van der Waals surface area contributed by atoms with Gasteiger partial charge in [0, 0.05) is 10.8 Å². The van der Waals surface area contributed by atoms with E-state index in [-0.39, 0.29) is 0 Å². The molecule has 0 aliphatic carbocycles. The van der Waals surface area contributed by atoms with Gasteiger partial charge in [0.2, 0.25) is 0 Å². The number of fused-ring (bicyclic) bond motifs is 3. The molecule has 4 rings (SSSR count). The van der Waals surface area contributed by atoms with Crippen LogP contribution < -0.4 is 0 Å². The third-order valence-electron chi connectivity index (χ3n) is 6.68. The first-order chi connectivity index (χ1) is 15.0. The monoisotopic (exact) mass is 405 g/mol. The Morgan fingerprint density at radius 3 is 1.58 bits per heavy atom. The van der Waals surface area contributed by atoms with Gasteiger partial charge >= 0.3 is 0 Å². The molecular formula is C28H27N3. The molecule has 0 fully saturated rings. The van der Waals surface area contributed by atoms with Crippen molar-refractivity contribution in [1.29, 1.82) is 10.5 Å². The van der Waals surface area contributed by atoms with E-state index in [9.17, 15) is 10.5 Å². The Morgan fingerprint density at radius 2 is 1.19 bits per heavy atom. The van der Waals surface area contributed by atoms with Crippen molar-refractivity contribution in [2.24, 2.45) is 0 Å². The minimum Gasteiger partial charge on any atom is -0.307 e. The van der Waals surface area contributed by atoms with E-state index in [1.807, 2.05) is 0 Å². The molecule has 0 aliphatic heterocycles. The van der Waals surface area contributed by atoms with E-state index in [2.05, 4.69) is 80.8 Å². The molecule has 2 atom stereocenters. The van der Waals surface area contributed by atoms with E-state index >= 15 is 0 Å². The van der Waals surface area contributed by atoms with Gasteiger partial charge in [-0.3, -0.25) is 0 Å². The molecule has 3 heteroatoms. The second-order valence-corrected chi connectivity index (χ2v) is 8.43. The number of hydrogen-bond acceptors (Lipinski definition) is 2. The molecule has 0 N–H and O–H groups in total. The Labute approximate surface area is 184 Å². The fourth-order valence-corrected chi connectivity index (χ4v) is 4.35. The van der Waals surface area contributed by atoms with Gasteiger partial charge in [0.25, 0.3) is 0 Å². The van der Waals surface area contributed by atoms with Crippen LogP contribution in [0.4, 0.5) is 0 Å². The van der Waals surface area contributed by atoms with Crippen LogP contribution in [0.3, 0.4) is 0 Å². The highest BCUT2D eigenvalue weighted by Crippen LogP contribution is 2.37. The van der Waals surface area contributed by atoms with Gasteiger partial charge in [-0.25, -0.2) is 0 Å². The molecule has 1 aromatic heterocycles. The normalized spacial score (nSPS) is 13.1. The van der Waals surface area contributed by atoms with Crippen LogP contribution in [0.5, 0.6) is 0 Å². The van der Waals surface area contributed by atoms with Gasteiger partial charge in [0.1, 0.15) is 12.1 Å². The molecule has 0 bridgehead atoms. The first-order valence-corrected chi connectivity index (χ1v) is 11.1. The van der Waals surface area contributed by atoms with Crippen molar-refractivity contribution in [3.05, 3.63) is 76.9 Å². The van der Waals surface area contributed by atoms with Gasteiger partial charge in [-0.2, -0.15) is 10.5 Å². The van der Waals surface area contributed by atoms with E-state index < -0.39 is 0 Å². The molecule has 3 aromatic carbocycles. The molecule has 2 unspecified atom stereocenters. The number of benzene rings is 3. The average Bonchev–Trinajstić information content (AvgIpc) is 3.14. The van der Waals surface area contributed by atoms with E-state index in [1.165, 1.54) is 21.9 Å². The highest BCUT2D eigenvalue weighted by molar-refractivity contribution is 6.10. The standard InChI is InChI=1S/C28H27N3/c1-5-18(3)20-10-12-26-24(14-20)25-15-21(19(4)6-2)11-13-27(25)31(26)28-22(16-29)8-7-9-23(28)17-30/h7-15,18-19H,5-6H2,1-4H3. The third kappa shape index (κ3) is 3.37. The largest absolute Gasteiger partial charge is 0.307 e. The Morgan fingerprint density at radius 1 is 0.742 bits per heavy atom. The van der Waals surface area contributed by atoms with Crippen LogP contribution in [0.15, 0.2) is 54.6 Å². The summed E-state index contributed by atoms with van der Waals surface area (Å²) in [7, 11) is 0. The predicted molar refractivity (Wildman–Crippen MR) is 128 cm³/mol. The van der Waals surface area contributed by atoms with E-state index in [0.717, 1.165) is 23.9 Å². The van der Waals surface area contributed by atoms with Crippen LogP contribution in [0, 0.1) is 22.7 Å². The van der Waals surface area contributed by atoms with E-state index in [0.29, 0.717) is 28.7 Å². The molecule has 4 aromatic rings. The maximum absolute atomic E-state index is 9.81. The van der Waals surface area contributed by atoms with Crippen LogP contribution >= 0.6 is 0 Å². The lowest BCUT2D eigenvalue weighted by Gasteiger charge is -2.13. The SMILES string of the molecule is CCC(C)c1ccc2c(c1)c1cc(C(C)CC)ccc1n2-c1c(C#N)cccc1C#N. The van der Waals surface area contributed by atoms with Crippen LogP contribution in [0.25, 0.3) is 27.5 Å². The minimum absolute atomic E-state index is 0.474. The highest BCUT2D eigenvalue weighted by atomic mass is 15.0. The summed E-state index contributed by atoms with van der Waals surface area (Å²) >= 11 is 0. The fraction of sp³-hybridized carbons (Fsp3) is 0.286. The number of hydrogen-bond donors (Lipinski definition) is 0. The molecule has 0 spiro atoms. The van der Waals surface area contributed by atoms with Crippen molar-refractivity contribution in [2.45, 2.75) is 52.4 Å². The van der Waals surface area contributed by atoms with Crippen molar-refractivity contribution >= 4 is 21.8 Å². The first kappa shape index (κ1) is 20.7. The molecule has 0 amide bonds. The summed E-state index contributed by atoms with van der Waals surface area (Å²) < 4.78 is 2.10. The van der Waals surface area contributed by atoms with Gasteiger partial charge in [-0.15, -0.1) is 0 Å². The molecule has 0 saturated carbocycles. The molecular weight excluding hydrogens is 378 g/mol. The second kappa shape index (κ2) is 8.29. The van der Waals surface area contributed by atoms with Crippen LogP contribution in [-0.2, 0) is 0 Å². The van der Waals surface area contributed by atoms with Crippen LogP contribution in [0.2, 0.25) is 0 Å². The lowest BCUT2D eigenvalue weighted by molar-refractivity contribution is 0.734. The molecule has 0 saturated heterocycles. The number of nitrogens with zero attached hydrogens (tertiary/aromatic N) is 3. The van der Waals surface area contributed by atoms with Crippen molar-refractivity contribution in [1.82, 2.24) is 4.57 Å². The summed E-state index contributed by atoms with van der Waals surface area (Å²) in [5, 5.41) is 22.0. The van der Waals surface area contributed by atoms with E-state index in [4.69, 9.17) is 0 Å². The second-order valence-electron chi connectivity index (χ2n) is 8.43. The molecule has 0 aliphatic rings. The maximum Gasteiger partial charge on any atom is 0.101 e. The van der Waals surface area contributed by atoms with Gasteiger partial charge in [0.15, 0.2) is 0 Å². The average molecular weight is 406 g/mol. The minimum atomic E-state index is 0.474. The zero-order chi connectivity index (χ0) is 22.1. The predicted octanol–water partition coefficient (Wildman–Crippen LogP) is 7.55. The van der Waals surface area contributed by atoms with Gasteiger partial charge in [0.05, 0.1) is 27.8 Å². The highest BCUT2D eigenvalue weighted by Gasteiger charge is 2.19. The summed E-state index contributed by atoms with van der Waals surface area (Å²) in [5.41, 5.74) is 6.38. The first-order valence-electron chi connectivity index (χ1n) is 11.1. The Kier molecular flexibility index (Phi) is 5.53. The number of para-hydroxylation sites is 1.